The van der Waals surface area contributed by atoms with Gasteiger partial charge >= 0.3 is 7.12 Å². The Kier molecular flexibility index (Phi) is 4.52. The molecule has 0 spiro atoms. The minimum atomic E-state index is -0.349. The zero-order valence-electron chi connectivity index (χ0n) is 15.5. The smallest absolute Gasteiger partial charge is 0.399 e. The molecule has 2 aliphatic rings. The second kappa shape index (κ2) is 6.19. The van der Waals surface area contributed by atoms with Crippen LogP contribution < -0.4 is 5.46 Å². The predicted molar refractivity (Wildman–Crippen MR) is 96.3 cm³/mol. The van der Waals surface area contributed by atoms with Crippen LogP contribution in [0.3, 0.4) is 0 Å². The summed E-state index contributed by atoms with van der Waals surface area (Å²) < 4.78 is 12.1. The lowest BCUT2D eigenvalue weighted by Crippen LogP contribution is -2.41. The number of benzene rings is 1. The van der Waals surface area contributed by atoms with Gasteiger partial charge < -0.3 is 14.2 Å². The first-order valence-corrected chi connectivity index (χ1v) is 8.93. The van der Waals surface area contributed by atoms with Crippen molar-refractivity contribution in [2.24, 2.45) is 0 Å². The standard InChI is InChI=1S/C19H28BNO3/c1-14-7-6-12-21(14)17(22)13-15-8-10-16(11-9-15)20-23-18(2,3)19(4,5)24-20/h8-11,14H,6-7,12-13H2,1-5H3/t14-/m1/s1. The normalized spacial score (nSPS) is 25.3. The second-order valence-corrected chi connectivity index (χ2v) is 8.08. The third-order valence-electron chi connectivity index (χ3n) is 5.73. The van der Waals surface area contributed by atoms with Crippen molar-refractivity contribution in [3.63, 3.8) is 0 Å². The molecule has 2 fully saturated rings. The number of hydrogen-bond donors (Lipinski definition) is 0. The van der Waals surface area contributed by atoms with Crippen molar-refractivity contribution in [3.8, 4) is 0 Å². The molecular weight excluding hydrogens is 301 g/mol. The largest absolute Gasteiger partial charge is 0.494 e. The van der Waals surface area contributed by atoms with E-state index in [2.05, 4.69) is 34.6 Å². The van der Waals surface area contributed by atoms with Crippen molar-refractivity contribution in [1.82, 2.24) is 4.90 Å². The highest BCUT2D eigenvalue weighted by Crippen LogP contribution is 2.36. The summed E-state index contributed by atoms with van der Waals surface area (Å²) in [5.74, 6) is 0.225. The second-order valence-electron chi connectivity index (χ2n) is 8.08. The highest BCUT2D eigenvalue weighted by molar-refractivity contribution is 6.62. The fraction of sp³-hybridized carbons (Fsp3) is 0.632. The van der Waals surface area contributed by atoms with Crippen molar-refractivity contribution >= 4 is 18.5 Å². The molecule has 2 heterocycles. The number of likely N-dealkylation sites (tertiary alicyclic amines) is 1. The molecule has 130 valence electrons. The first kappa shape index (κ1) is 17.5. The summed E-state index contributed by atoms with van der Waals surface area (Å²) in [6.45, 7) is 11.2. The Hall–Kier alpha value is -1.33. The first-order valence-electron chi connectivity index (χ1n) is 8.93. The SMILES string of the molecule is C[C@@H]1CCCN1C(=O)Cc1ccc(B2OC(C)(C)C(C)(C)O2)cc1. The number of nitrogens with zero attached hydrogens (tertiary/aromatic N) is 1. The van der Waals surface area contributed by atoms with E-state index in [0.717, 1.165) is 30.4 Å². The van der Waals surface area contributed by atoms with E-state index in [9.17, 15) is 4.79 Å². The van der Waals surface area contributed by atoms with Gasteiger partial charge in [-0.2, -0.15) is 0 Å². The van der Waals surface area contributed by atoms with Crippen LogP contribution in [0.1, 0.15) is 53.0 Å². The molecule has 0 saturated carbocycles. The van der Waals surface area contributed by atoms with Gasteiger partial charge in [-0.15, -0.1) is 0 Å². The van der Waals surface area contributed by atoms with Crippen LogP contribution in [0.5, 0.6) is 0 Å². The topological polar surface area (TPSA) is 38.8 Å². The molecule has 0 unspecified atom stereocenters. The number of amides is 1. The third kappa shape index (κ3) is 3.24. The summed E-state index contributed by atoms with van der Waals surface area (Å²) >= 11 is 0. The van der Waals surface area contributed by atoms with Crippen molar-refractivity contribution in [2.75, 3.05) is 6.54 Å². The molecule has 1 aromatic carbocycles. The van der Waals surface area contributed by atoms with Crippen molar-refractivity contribution in [2.45, 2.75) is 71.1 Å². The van der Waals surface area contributed by atoms with Gasteiger partial charge in [-0.3, -0.25) is 4.79 Å². The molecule has 0 N–H and O–H groups in total. The Morgan fingerprint density at radius 1 is 1.17 bits per heavy atom. The molecule has 0 bridgehead atoms. The monoisotopic (exact) mass is 329 g/mol. The fourth-order valence-corrected chi connectivity index (χ4v) is 3.35. The summed E-state index contributed by atoms with van der Waals surface area (Å²) in [5.41, 5.74) is 1.37. The third-order valence-corrected chi connectivity index (χ3v) is 5.73. The molecule has 0 radical (unpaired) electrons. The van der Waals surface area contributed by atoms with Crippen LogP contribution in [-0.4, -0.2) is 41.7 Å². The first-order chi connectivity index (χ1) is 11.2. The maximum absolute atomic E-state index is 12.4. The average molecular weight is 329 g/mol. The summed E-state index contributed by atoms with van der Waals surface area (Å²) in [4.78, 5) is 14.4. The van der Waals surface area contributed by atoms with Gasteiger partial charge in [-0.05, 0) is 58.5 Å². The molecule has 3 rings (SSSR count). The zero-order valence-corrected chi connectivity index (χ0v) is 15.5. The number of carbonyl (C=O) groups excluding carboxylic acids is 1. The van der Waals surface area contributed by atoms with Crippen LogP contribution in [0.25, 0.3) is 0 Å². The molecule has 1 amide bonds. The Labute approximate surface area is 145 Å². The summed E-state index contributed by atoms with van der Waals surface area (Å²) in [6.07, 6.45) is 2.70. The Morgan fingerprint density at radius 2 is 1.75 bits per heavy atom. The number of hydrogen-bond acceptors (Lipinski definition) is 3. The molecule has 4 nitrogen and oxygen atoms in total. The van der Waals surface area contributed by atoms with E-state index >= 15 is 0 Å². The van der Waals surface area contributed by atoms with E-state index in [-0.39, 0.29) is 24.2 Å². The van der Waals surface area contributed by atoms with Crippen LogP contribution in [0, 0.1) is 0 Å². The van der Waals surface area contributed by atoms with Gasteiger partial charge in [-0.1, -0.05) is 24.3 Å². The van der Waals surface area contributed by atoms with Gasteiger partial charge in [0.2, 0.25) is 5.91 Å². The molecule has 2 saturated heterocycles. The molecule has 1 atom stereocenters. The highest BCUT2D eigenvalue weighted by Gasteiger charge is 2.51. The fourth-order valence-electron chi connectivity index (χ4n) is 3.35. The van der Waals surface area contributed by atoms with Crippen LogP contribution in [0.2, 0.25) is 0 Å². The van der Waals surface area contributed by atoms with Crippen molar-refractivity contribution < 1.29 is 14.1 Å². The Balaban J connectivity index is 1.65. The lowest BCUT2D eigenvalue weighted by atomic mass is 9.79. The molecular formula is C19H28BNO3. The summed E-state index contributed by atoms with van der Waals surface area (Å²) in [6, 6.07) is 8.43. The van der Waals surface area contributed by atoms with E-state index in [1.54, 1.807) is 0 Å². The molecule has 5 heteroatoms. The van der Waals surface area contributed by atoms with Crippen LogP contribution in [-0.2, 0) is 20.5 Å². The molecule has 1 aromatic rings. The van der Waals surface area contributed by atoms with E-state index in [1.165, 1.54) is 0 Å². The number of carbonyl (C=O) groups is 1. The van der Waals surface area contributed by atoms with Crippen LogP contribution >= 0.6 is 0 Å². The van der Waals surface area contributed by atoms with E-state index in [0.29, 0.717) is 12.5 Å². The van der Waals surface area contributed by atoms with Crippen LogP contribution in [0.15, 0.2) is 24.3 Å². The molecule has 0 aliphatic carbocycles. The lowest BCUT2D eigenvalue weighted by Gasteiger charge is -2.32. The maximum atomic E-state index is 12.4. The lowest BCUT2D eigenvalue weighted by molar-refractivity contribution is -0.130. The van der Waals surface area contributed by atoms with E-state index in [4.69, 9.17) is 9.31 Å². The highest BCUT2D eigenvalue weighted by atomic mass is 16.7. The average Bonchev–Trinajstić information content (AvgIpc) is 3.01. The van der Waals surface area contributed by atoms with Gasteiger partial charge in [-0.25, -0.2) is 0 Å². The van der Waals surface area contributed by atoms with E-state index in [1.807, 2.05) is 29.2 Å². The Morgan fingerprint density at radius 3 is 2.25 bits per heavy atom. The zero-order chi connectivity index (χ0) is 17.5. The predicted octanol–water partition coefficient (Wildman–Crippen LogP) is 2.54. The van der Waals surface area contributed by atoms with Gasteiger partial charge in [0, 0.05) is 12.6 Å². The van der Waals surface area contributed by atoms with Gasteiger partial charge in [0.1, 0.15) is 0 Å². The summed E-state index contributed by atoms with van der Waals surface area (Å²) in [5, 5.41) is 0. The number of rotatable bonds is 3. The van der Waals surface area contributed by atoms with Gasteiger partial charge in [0.25, 0.3) is 0 Å². The minimum Gasteiger partial charge on any atom is -0.399 e. The van der Waals surface area contributed by atoms with Crippen molar-refractivity contribution in [3.05, 3.63) is 29.8 Å². The Bertz CT molecular complexity index is 596. The maximum Gasteiger partial charge on any atom is 0.494 e. The molecule has 2 aliphatic heterocycles. The van der Waals surface area contributed by atoms with Crippen LogP contribution in [0.4, 0.5) is 0 Å². The minimum absolute atomic E-state index is 0.225. The quantitative estimate of drug-likeness (QED) is 0.800. The van der Waals surface area contributed by atoms with E-state index < -0.39 is 0 Å². The molecule has 24 heavy (non-hydrogen) atoms. The van der Waals surface area contributed by atoms with Gasteiger partial charge in [0.15, 0.2) is 0 Å². The summed E-state index contributed by atoms with van der Waals surface area (Å²) in [7, 11) is -0.349. The van der Waals surface area contributed by atoms with Gasteiger partial charge in [0.05, 0.1) is 17.6 Å². The van der Waals surface area contributed by atoms with Crippen molar-refractivity contribution in [1.29, 1.82) is 0 Å². The molecule has 0 aromatic heterocycles.